The van der Waals surface area contributed by atoms with Crippen LogP contribution in [0, 0.1) is 11.3 Å². The van der Waals surface area contributed by atoms with Crippen molar-refractivity contribution in [2.75, 3.05) is 31.1 Å². The molecular weight excluding hydrogens is 306 g/mol. The highest BCUT2D eigenvalue weighted by atomic mass is 35.5. The summed E-state index contributed by atoms with van der Waals surface area (Å²) in [5, 5.41) is 9.25. The van der Waals surface area contributed by atoms with Crippen LogP contribution in [-0.2, 0) is 11.8 Å². The highest BCUT2D eigenvalue weighted by Gasteiger charge is 2.28. The molecule has 0 atom stereocenters. The van der Waals surface area contributed by atoms with Gasteiger partial charge in [0.15, 0.2) is 10.8 Å². The molecular formula is C14H20ClN5O2. The molecule has 1 fully saturated rings. The lowest BCUT2D eigenvalue weighted by molar-refractivity contribution is 0.0240. The van der Waals surface area contributed by atoms with E-state index in [9.17, 15) is 4.79 Å². The Bertz CT molecular complexity index is 606. The average molecular weight is 326 g/mol. The summed E-state index contributed by atoms with van der Waals surface area (Å²) in [4.78, 5) is 19.9. The molecule has 1 aromatic heterocycles. The second kappa shape index (κ2) is 6.05. The summed E-state index contributed by atoms with van der Waals surface area (Å²) in [7, 11) is 1.76. The zero-order valence-corrected chi connectivity index (χ0v) is 14.0. The Kier molecular flexibility index (Phi) is 4.52. The first kappa shape index (κ1) is 16.4. The van der Waals surface area contributed by atoms with E-state index in [4.69, 9.17) is 21.6 Å². The molecule has 7 nitrogen and oxygen atoms in total. The van der Waals surface area contributed by atoms with E-state index in [0.29, 0.717) is 37.8 Å². The number of rotatable bonds is 1. The van der Waals surface area contributed by atoms with Crippen LogP contribution in [-0.4, -0.2) is 52.3 Å². The van der Waals surface area contributed by atoms with Gasteiger partial charge in [-0.15, -0.1) is 0 Å². The molecule has 0 radical (unpaired) electrons. The molecule has 0 saturated carbocycles. The van der Waals surface area contributed by atoms with Crippen LogP contribution in [0.15, 0.2) is 0 Å². The lowest BCUT2D eigenvalue weighted by atomic mass is 10.2. The van der Waals surface area contributed by atoms with Gasteiger partial charge in [-0.25, -0.2) is 4.79 Å². The van der Waals surface area contributed by atoms with Crippen molar-refractivity contribution in [3.05, 3.63) is 10.8 Å². The number of imidazole rings is 1. The quantitative estimate of drug-likeness (QED) is 0.789. The molecule has 1 aromatic rings. The number of hydrogen-bond acceptors (Lipinski definition) is 5. The Balaban J connectivity index is 2.01. The predicted octanol–water partition coefficient (Wildman–Crippen LogP) is 2.00. The number of amides is 1. The van der Waals surface area contributed by atoms with Gasteiger partial charge in [-0.3, -0.25) is 0 Å². The maximum atomic E-state index is 12.0. The summed E-state index contributed by atoms with van der Waals surface area (Å²) < 4.78 is 7.04. The summed E-state index contributed by atoms with van der Waals surface area (Å²) in [5.41, 5.74) is -0.158. The molecule has 0 unspecified atom stereocenters. The number of carbonyl (C=O) groups is 1. The third-order valence-corrected chi connectivity index (χ3v) is 3.61. The van der Waals surface area contributed by atoms with Gasteiger partial charge in [-0.1, -0.05) is 11.6 Å². The van der Waals surface area contributed by atoms with Gasteiger partial charge >= 0.3 is 6.09 Å². The van der Waals surface area contributed by atoms with Crippen LogP contribution in [0.1, 0.15) is 26.5 Å². The molecule has 1 saturated heterocycles. The van der Waals surface area contributed by atoms with Crippen LogP contribution in [0.4, 0.5) is 10.7 Å². The molecule has 120 valence electrons. The maximum absolute atomic E-state index is 12.0. The van der Waals surface area contributed by atoms with Crippen molar-refractivity contribution in [2.24, 2.45) is 7.05 Å². The number of aromatic nitrogens is 2. The number of nitriles is 1. The second-order valence-corrected chi connectivity index (χ2v) is 6.53. The number of ether oxygens (including phenoxy) is 1. The van der Waals surface area contributed by atoms with Crippen molar-refractivity contribution in [2.45, 2.75) is 26.4 Å². The third-order valence-electron chi connectivity index (χ3n) is 3.35. The Labute approximate surface area is 135 Å². The molecule has 2 heterocycles. The van der Waals surface area contributed by atoms with Crippen molar-refractivity contribution in [3.63, 3.8) is 0 Å². The summed E-state index contributed by atoms with van der Waals surface area (Å²) >= 11 is 5.96. The number of halogens is 1. The Morgan fingerprint density at radius 1 is 1.32 bits per heavy atom. The van der Waals surface area contributed by atoms with Crippen LogP contribution in [0.25, 0.3) is 0 Å². The van der Waals surface area contributed by atoms with Gasteiger partial charge < -0.3 is 19.1 Å². The number of anilines is 1. The van der Waals surface area contributed by atoms with Crippen LogP contribution in [0.2, 0.25) is 5.15 Å². The van der Waals surface area contributed by atoms with Crippen molar-refractivity contribution in [1.82, 2.24) is 14.5 Å². The zero-order valence-electron chi connectivity index (χ0n) is 13.3. The van der Waals surface area contributed by atoms with Crippen molar-refractivity contribution >= 4 is 23.6 Å². The van der Waals surface area contributed by atoms with E-state index in [-0.39, 0.29) is 11.2 Å². The molecule has 1 amide bonds. The first-order chi connectivity index (χ1) is 10.2. The standard InChI is InChI=1S/C14H20ClN5O2/c1-14(2,3)22-13(21)20-7-5-19(6-8-20)12-17-11(15)10(9-16)18(12)4/h5-8H2,1-4H3. The summed E-state index contributed by atoms with van der Waals surface area (Å²) in [5.74, 6) is 0.644. The molecule has 22 heavy (non-hydrogen) atoms. The summed E-state index contributed by atoms with van der Waals surface area (Å²) in [6.45, 7) is 7.86. The molecule has 8 heteroatoms. The minimum atomic E-state index is -0.497. The highest BCUT2D eigenvalue weighted by molar-refractivity contribution is 6.30. The molecule has 0 bridgehead atoms. The largest absolute Gasteiger partial charge is 0.444 e. The first-order valence-electron chi connectivity index (χ1n) is 7.08. The van der Waals surface area contributed by atoms with Gasteiger partial charge in [-0.05, 0) is 20.8 Å². The van der Waals surface area contributed by atoms with Gasteiger partial charge in [0.05, 0.1) is 0 Å². The van der Waals surface area contributed by atoms with Gasteiger partial charge in [0.25, 0.3) is 0 Å². The molecule has 1 aliphatic heterocycles. The fraction of sp³-hybridized carbons (Fsp3) is 0.643. The highest BCUT2D eigenvalue weighted by Crippen LogP contribution is 2.23. The van der Waals surface area contributed by atoms with Gasteiger partial charge in [0, 0.05) is 33.2 Å². The number of nitrogens with zero attached hydrogens (tertiary/aromatic N) is 5. The lowest BCUT2D eigenvalue weighted by Crippen LogP contribution is -2.50. The molecule has 0 aliphatic carbocycles. The second-order valence-electron chi connectivity index (χ2n) is 6.18. The average Bonchev–Trinajstić information content (AvgIpc) is 2.72. The summed E-state index contributed by atoms with van der Waals surface area (Å²) in [6.07, 6.45) is -0.303. The van der Waals surface area contributed by atoms with Crippen molar-refractivity contribution in [1.29, 1.82) is 5.26 Å². The summed E-state index contributed by atoms with van der Waals surface area (Å²) in [6, 6.07) is 2.03. The molecule has 0 N–H and O–H groups in total. The molecule has 1 aliphatic rings. The zero-order chi connectivity index (χ0) is 16.5. The van der Waals surface area contributed by atoms with Crippen LogP contribution in [0.3, 0.4) is 0 Å². The van der Waals surface area contributed by atoms with Gasteiger partial charge in [0.1, 0.15) is 11.7 Å². The normalized spacial score (nSPS) is 15.6. The molecule has 0 spiro atoms. The van der Waals surface area contributed by atoms with Crippen LogP contribution in [0.5, 0.6) is 0 Å². The van der Waals surface area contributed by atoms with E-state index in [0.717, 1.165) is 0 Å². The van der Waals surface area contributed by atoms with E-state index >= 15 is 0 Å². The number of piperazine rings is 1. The molecule has 2 rings (SSSR count). The minimum Gasteiger partial charge on any atom is -0.444 e. The number of carbonyl (C=O) groups excluding carboxylic acids is 1. The minimum absolute atomic E-state index is 0.203. The smallest absolute Gasteiger partial charge is 0.410 e. The Hall–Kier alpha value is -1.94. The van der Waals surface area contributed by atoms with Crippen molar-refractivity contribution in [3.8, 4) is 6.07 Å². The van der Waals surface area contributed by atoms with E-state index in [1.54, 1.807) is 16.5 Å². The van der Waals surface area contributed by atoms with Crippen molar-refractivity contribution < 1.29 is 9.53 Å². The van der Waals surface area contributed by atoms with Crippen LogP contribution >= 0.6 is 11.6 Å². The van der Waals surface area contributed by atoms with Gasteiger partial charge in [-0.2, -0.15) is 10.2 Å². The fourth-order valence-electron chi connectivity index (χ4n) is 2.27. The van der Waals surface area contributed by atoms with Gasteiger partial charge in [0.2, 0.25) is 5.95 Å². The topological polar surface area (TPSA) is 74.4 Å². The van der Waals surface area contributed by atoms with E-state index in [1.165, 1.54) is 0 Å². The molecule has 0 aromatic carbocycles. The third kappa shape index (κ3) is 3.45. The SMILES string of the molecule is Cn1c(N2CCN(C(=O)OC(C)(C)C)CC2)nc(Cl)c1C#N. The monoisotopic (exact) mass is 325 g/mol. The van der Waals surface area contributed by atoms with E-state index < -0.39 is 5.60 Å². The van der Waals surface area contributed by atoms with E-state index in [1.807, 2.05) is 31.7 Å². The van der Waals surface area contributed by atoms with Crippen LogP contribution < -0.4 is 4.90 Å². The maximum Gasteiger partial charge on any atom is 0.410 e. The number of hydrogen-bond donors (Lipinski definition) is 0. The predicted molar refractivity (Wildman–Crippen MR) is 83.0 cm³/mol. The Morgan fingerprint density at radius 2 is 1.91 bits per heavy atom. The Morgan fingerprint density at radius 3 is 2.36 bits per heavy atom. The lowest BCUT2D eigenvalue weighted by Gasteiger charge is -2.35. The first-order valence-corrected chi connectivity index (χ1v) is 7.46. The van der Waals surface area contributed by atoms with E-state index in [2.05, 4.69) is 4.98 Å². The fourth-order valence-corrected chi connectivity index (χ4v) is 2.52.